The standard InChI is InChI=1S/C25H24FNO4/c1-16-22(25(29)31-14-13-30-19-9-3-2-4-10-19)23(17-7-5-8-18(26)15-17)24-20(27-16)11-6-12-21(24)28/h2-5,7-10,15,23,27H,6,11-14H2,1H3/t23-/m1/s1. The number of dihydropyridines is 1. The molecule has 0 radical (unpaired) electrons. The zero-order valence-electron chi connectivity index (χ0n) is 17.3. The van der Waals surface area contributed by atoms with Crippen molar-refractivity contribution in [3.05, 3.63) is 88.5 Å². The lowest BCUT2D eigenvalue weighted by Gasteiger charge is -2.34. The molecule has 1 atom stereocenters. The molecule has 5 nitrogen and oxygen atoms in total. The van der Waals surface area contributed by atoms with Gasteiger partial charge in [-0.3, -0.25) is 4.79 Å². The molecular weight excluding hydrogens is 397 g/mol. The number of ether oxygens (including phenoxy) is 2. The number of allylic oxidation sites excluding steroid dienone is 3. The van der Waals surface area contributed by atoms with Gasteiger partial charge in [0.15, 0.2) is 5.78 Å². The maximum absolute atomic E-state index is 14.0. The number of carbonyl (C=O) groups excluding carboxylic acids is 2. The molecule has 0 aromatic heterocycles. The van der Waals surface area contributed by atoms with E-state index in [9.17, 15) is 14.0 Å². The van der Waals surface area contributed by atoms with Crippen molar-refractivity contribution in [2.24, 2.45) is 0 Å². The summed E-state index contributed by atoms with van der Waals surface area (Å²) in [5.74, 6) is -0.937. The molecule has 2 aliphatic rings. The third-order valence-electron chi connectivity index (χ3n) is 5.51. The highest BCUT2D eigenvalue weighted by Crippen LogP contribution is 2.42. The number of hydrogen-bond acceptors (Lipinski definition) is 5. The van der Waals surface area contributed by atoms with Gasteiger partial charge in [-0.05, 0) is 49.6 Å². The number of esters is 1. The SMILES string of the molecule is CC1=C(C(=O)OCCOc2ccccc2)[C@@H](c2cccc(F)c2)C2=C(CCCC2=O)N1. The molecule has 160 valence electrons. The number of Topliss-reactive ketones (excluding diaryl/α,β-unsaturated/α-hetero) is 1. The van der Waals surface area contributed by atoms with Crippen LogP contribution in [0.4, 0.5) is 4.39 Å². The Balaban J connectivity index is 1.56. The molecule has 6 heteroatoms. The Morgan fingerprint density at radius 1 is 1.10 bits per heavy atom. The number of rotatable bonds is 6. The van der Waals surface area contributed by atoms with E-state index >= 15 is 0 Å². The predicted octanol–water partition coefficient (Wildman–Crippen LogP) is 4.42. The minimum absolute atomic E-state index is 0.0202. The lowest BCUT2D eigenvalue weighted by molar-refractivity contribution is -0.140. The summed E-state index contributed by atoms with van der Waals surface area (Å²) in [5, 5.41) is 3.22. The average Bonchev–Trinajstić information content (AvgIpc) is 2.76. The van der Waals surface area contributed by atoms with E-state index in [4.69, 9.17) is 9.47 Å². The Kier molecular flexibility index (Phi) is 6.16. The summed E-state index contributed by atoms with van der Waals surface area (Å²) in [4.78, 5) is 25.9. The summed E-state index contributed by atoms with van der Waals surface area (Å²) in [7, 11) is 0. The Labute approximate surface area is 180 Å². The van der Waals surface area contributed by atoms with Crippen LogP contribution in [0.25, 0.3) is 0 Å². The summed E-state index contributed by atoms with van der Waals surface area (Å²) in [6.45, 7) is 2.04. The van der Waals surface area contributed by atoms with E-state index in [-0.39, 0.29) is 19.0 Å². The van der Waals surface area contributed by atoms with Crippen molar-refractivity contribution >= 4 is 11.8 Å². The monoisotopic (exact) mass is 421 g/mol. The van der Waals surface area contributed by atoms with Crippen LogP contribution in [0.5, 0.6) is 5.75 Å². The van der Waals surface area contributed by atoms with Crippen molar-refractivity contribution in [1.29, 1.82) is 0 Å². The molecule has 4 rings (SSSR count). The Morgan fingerprint density at radius 2 is 1.90 bits per heavy atom. The number of para-hydroxylation sites is 1. The molecule has 0 amide bonds. The van der Waals surface area contributed by atoms with E-state index in [0.717, 1.165) is 18.5 Å². The number of nitrogens with one attached hydrogen (secondary N) is 1. The molecule has 0 spiro atoms. The van der Waals surface area contributed by atoms with Gasteiger partial charge in [-0.1, -0.05) is 30.3 Å². The quantitative estimate of drug-likeness (QED) is 0.553. The topological polar surface area (TPSA) is 64.6 Å². The van der Waals surface area contributed by atoms with Crippen molar-refractivity contribution in [1.82, 2.24) is 5.32 Å². The van der Waals surface area contributed by atoms with Crippen LogP contribution in [0.1, 0.15) is 37.7 Å². The highest BCUT2D eigenvalue weighted by Gasteiger charge is 2.39. The van der Waals surface area contributed by atoms with Crippen molar-refractivity contribution in [2.45, 2.75) is 32.1 Å². The molecule has 1 aliphatic heterocycles. The van der Waals surface area contributed by atoms with E-state index in [1.165, 1.54) is 12.1 Å². The second-order valence-electron chi connectivity index (χ2n) is 7.62. The zero-order valence-corrected chi connectivity index (χ0v) is 17.3. The Bertz CT molecular complexity index is 1060. The first-order valence-corrected chi connectivity index (χ1v) is 10.4. The van der Waals surface area contributed by atoms with Gasteiger partial charge in [0, 0.05) is 29.3 Å². The first-order valence-electron chi connectivity index (χ1n) is 10.4. The first-order chi connectivity index (χ1) is 15.0. The normalized spacial score (nSPS) is 18.4. The Hall–Kier alpha value is -3.41. The van der Waals surface area contributed by atoms with Gasteiger partial charge in [0.25, 0.3) is 0 Å². The molecule has 31 heavy (non-hydrogen) atoms. The maximum atomic E-state index is 14.0. The van der Waals surface area contributed by atoms with E-state index in [0.29, 0.717) is 34.6 Å². The van der Waals surface area contributed by atoms with E-state index < -0.39 is 17.7 Å². The molecular formula is C25H24FNO4. The molecule has 0 saturated carbocycles. The average molecular weight is 421 g/mol. The molecule has 0 saturated heterocycles. The second-order valence-corrected chi connectivity index (χ2v) is 7.62. The molecule has 1 heterocycles. The van der Waals surface area contributed by atoms with Crippen molar-refractivity contribution in [3.8, 4) is 5.75 Å². The fraction of sp³-hybridized carbons (Fsp3) is 0.280. The van der Waals surface area contributed by atoms with Gasteiger partial charge in [0.2, 0.25) is 0 Å². The van der Waals surface area contributed by atoms with Crippen molar-refractivity contribution in [2.75, 3.05) is 13.2 Å². The van der Waals surface area contributed by atoms with Crippen LogP contribution in [0.3, 0.4) is 0 Å². The Morgan fingerprint density at radius 3 is 2.68 bits per heavy atom. The minimum atomic E-state index is -0.651. The molecule has 0 unspecified atom stereocenters. The molecule has 1 aliphatic carbocycles. The van der Waals surface area contributed by atoms with Gasteiger partial charge in [-0.2, -0.15) is 0 Å². The van der Waals surface area contributed by atoms with Crippen molar-refractivity contribution in [3.63, 3.8) is 0 Å². The first kappa shape index (κ1) is 20.8. The predicted molar refractivity (Wildman–Crippen MR) is 114 cm³/mol. The van der Waals surface area contributed by atoms with Crippen LogP contribution in [0, 0.1) is 5.82 Å². The number of carbonyl (C=O) groups is 2. The highest BCUT2D eigenvalue weighted by atomic mass is 19.1. The molecule has 2 aromatic rings. The van der Waals surface area contributed by atoms with Gasteiger partial charge in [-0.15, -0.1) is 0 Å². The van der Waals surface area contributed by atoms with Gasteiger partial charge in [-0.25, -0.2) is 9.18 Å². The second kappa shape index (κ2) is 9.16. The fourth-order valence-corrected chi connectivity index (χ4v) is 4.16. The molecule has 0 bridgehead atoms. The highest BCUT2D eigenvalue weighted by molar-refractivity contribution is 6.03. The largest absolute Gasteiger partial charge is 0.490 e. The third kappa shape index (κ3) is 4.53. The number of benzene rings is 2. The van der Waals surface area contributed by atoms with Gasteiger partial charge in [0.1, 0.15) is 24.8 Å². The van der Waals surface area contributed by atoms with Gasteiger partial charge in [0.05, 0.1) is 5.57 Å². The third-order valence-corrected chi connectivity index (χ3v) is 5.51. The number of hydrogen-bond donors (Lipinski definition) is 1. The fourth-order valence-electron chi connectivity index (χ4n) is 4.16. The zero-order chi connectivity index (χ0) is 21.8. The van der Waals surface area contributed by atoms with Gasteiger partial charge < -0.3 is 14.8 Å². The summed E-state index contributed by atoms with van der Waals surface area (Å²) >= 11 is 0. The van der Waals surface area contributed by atoms with E-state index in [1.54, 1.807) is 19.1 Å². The summed E-state index contributed by atoms with van der Waals surface area (Å²) in [6, 6.07) is 15.3. The number of ketones is 1. The number of halogens is 1. The molecule has 1 N–H and O–H groups in total. The van der Waals surface area contributed by atoms with Crippen LogP contribution in [-0.2, 0) is 14.3 Å². The lowest BCUT2D eigenvalue weighted by Crippen LogP contribution is -2.34. The lowest BCUT2D eigenvalue weighted by atomic mass is 9.75. The van der Waals surface area contributed by atoms with Crippen LogP contribution < -0.4 is 10.1 Å². The van der Waals surface area contributed by atoms with E-state index in [2.05, 4.69) is 5.32 Å². The summed E-state index contributed by atoms with van der Waals surface area (Å²) < 4.78 is 25.1. The van der Waals surface area contributed by atoms with E-state index in [1.807, 2.05) is 30.3 Å². The maximum Gasteiger partial charge on any atom is 0.336 e. The van der Waals surface area contributed by atoms with Crippen LogP contribution >= 0.6 is 0 Å². The summed E-state index contributed by atoms with van der Waals surface area (Å²) in [5.41, 5.74) is 2.87. The molecule has 0 fully saturated rings. The van der Waals surface area contributed by atoms with Crippen molar-refractivity contribution < 1.29 is 23.5 Å². The van der Waals surface area contributed by atoms with Crippen LogP contribution in [0.2, 0.25) is 0 Å². The van der Waals surface area contributed by atoms with Crippen LogP contribution in [-0.4, -0.2) is 25.0 Å². The smallest absolute Gasteiger partial charge is 0.336 e. The molecule has 2 aromatic carbocycles. The summed E-state index contributed by atoms with van der Waals surface area (Å²) in [6.07, 6.45) is 1.89. The van der Waals surface area contributed by atoms with Crippen LogP contribution in [0.15, 0.2) is 77.1 Å². The van der Waals surface area contributed by atoms with Gasteiger partial charge >= 0.3 is 5.97 Å². The minimum Gasteiger partial charge on any atom is -0.490 e.